The highest BCUT2D eigenvalue weighted by Crippen LogP contribution is 2.37. The first-order valence-electron chi connectivity index (χ1n) is 5.69. The fourth-order valence-electron chi connectivity index (χ4n) is 2.14. The predicted octanol–water partition coefficient (Wildman–Crippen LogP) is 3.06. The molecule has 1 aliphatic rings. The number of carboxylic acids is 1. The zero-order chi connectivity index (χ0) is 13.4. The number of hydrazone groups is 1. The van der Waals surface area contributed by atoms with E-state index in [-0.39, 0.29) is 6.04 Å². The van der Waals surface area contributed by atoms with Crippen LogP contribution in [0.2, 0.25) is 0 Å². The first-order chi connectivity index (χ1) is 8.41. The van der Waals surface area contributed by atoms with Gasteiger partial charge in [-0.1, -0.05) is 5.57 Å². The minimum Gasteiger partial charge on any atom is -0.477 e. The molecule has 1 atom stereocenters. The summed E-state index contributed by atoms with van der Waals surface area (Å²) in [5.41, 5.74) is 3.39. The van der Waals surface area contributed by atoms with Crippen LogP contribution >= 0.6 is 11.3 Å². The highest BCUT2D eigenvalue weighted by atomic mass is 32.1. The summed E-state index contributed by atoms with van der Waals surface area (Å²) in [4.78, 5) is 12.5. The largest absolute Gasteiger partial charge is 0.477 e. The lowest BCUT2D eigenvalue weighted by Gasteiger charge is -2.21. The van der Waals surface area contributed by atoms with Crippen LogP contribution in [0.1, 0.15) is 40.0 Å². The van der Waals surface area contributed by atoms with Gasteiger partial charge >= 0.3 is 5.97 Å². The molecular formula is C13H16N2O2S. The molecule has 0 bridgehead atoms. The Labute approximate surface area is 110 Å². The Bertz CT molecular complexity index is 553. The van der Waals surface area contributed by atoms with Gasteiger partial charge in [-0.05, 0) is 38.0 Å². The van der Waals surface area contributed by atoms with Crippen molar-refractivity contribution in [3.63, 3.8) is 0 Å². The summed E-state index contributed by atoms with van der Waals surface area (Å²) in [6.07, 6.45) is 1.86. The lowest BCUT2D eigenvalue weighted by molar-refractivity contribution is 0.0702. The predicted molar refractivity (Wildman–Crippen MR) is 73.4 cm³/mol. The molecule has 0 aliphatic carbocycles. The molecular weight excluding hydrogens is 248 g/mol. The van der Waals surface area contributed by atoms with Crippen molar-refractivity contribution in [3.8, 4) is 0 Å². The highest BCUT2D eigenvalue weighted by Gasteiger charge is 2.28. The number of nitrogens with zero attached hydrogens (tertiary/aromatic N) is 2. The molecule has 2 rings (SSSR count). The van der Waals surface area contributed by atoms with E-state index in [0.29, 0.717) is 4.88 Å². The number of likely N-dealkylation sites (N-methyl/N-ethyl adjacent to an activating group) is 1. The first-order valence-corrected chi connectivity index (χ1v) is 6.51. The van der Waals surface area contributed by atoms with Crippen molar-refractivity contribution in [1.29, 1.82) is 0 Å². The summed E-state index contributed by atoms with van der Waals surface area (Å²) in [5.74, 6) is -0.866. The quantitative estimate of drug-likeness (QED) is 0.893. The number of carboxylic acid groups (broad SMARTS) is 1. The molecule has 96 valence electrons. The Kier molecular flexibility index (Phi) is 3.26. The Morgan fingerprint density at radius 3 is 2.67 bits per heavy atom. The number of carbonyl (C=O) groups is 1. The Balaban J connectivity index is 2.48. The number of thiophene rings is 1. The monoisotopic (exact) mass is 264 g/mol. The summed E-state index contributed by atoms with van der Waals surface area (Å²) < 4.78 is 0. The van der Waals surface area contributed by atoms with Crippen LogP contribution in [0.15, 0.2) is 22.3 Å². The second-order valence-electron chi connectivity index (χ2n) is 4.60. The van der Waals surface area contributed by atoms with Gasteiger partial charge in [0.25, 0.3) is 0 Å². The molecule has 4 nitrogen and oxygen atoms in total. The van der Waals surface area contributed by atoms with E-state index in [1.165, 1.54) is 16.9 Å². The molecule has 0 aromatic carbocycles. The third-order valence-electron chi connectivity index (χ3n) is 3.09. The lowest BCUT2D eigenvalue weighted by atomic mass is 9.97. The SMILES string of the molecule is CC(C)=C1C=NN(C)C1c1cc(C(=O)O)sc1C. The van der Waals surface area contributed by atoms with Crippen LogP contribution in [0.25, 0.3) is 0 Å². The van der Waals surface area contributed by atoms with Crippen LogP contribution in [0.5, 0.6) is 0 Å². The van der Waals surface area contributed by atoms with Gasteiger partial charge in [0, 0.05) is 11.9 Å². The van der Waals surface area contributed by atoms with Gasteiger partial charge in [-0.3, -0.25) is 5.01 Å². The van der Waals surface area contributed by atoms with Crippen molar-refractivity contribution in [3.05, 3.63) is 32.5 Å². The molecule has 0 saturated heterocycles. The molecule has 1 N–H and O–H groups in total. The minimum atomic E-state index is -0.866. The van der Waals surface area contributed by atoms with Crippen LogP contribution in [0, 0.1) is 6.92 Å². The molecule has 18 heavy (non-hydrogen) atoms. The molecule has 1 aromatic rings. The molecule has 0 radical (unpaired) electrons. The van der Waals surface area contributed by atoms with Crippen LogP contribution in [-0.4, -0.2) is 29.3 Å². The van der Waals surface area contributed by atoms with E-state index in [2.05, 4.69) is 5.10 Å². The van der Waals surface area contributed by atoms with Crippen molar-refractivity contribution in [1.82, 2.24) is 5.01 Å². The van der Waals surface area contributed by atoms with E-state index >= 15 is 0 Å². The van der Waals surface area contributed by atoms with Gasteiger partial charge in [0.05, 0.1) is 12.3 Å². The van der Waals surface area contributed by atoms with E-state index in [4.69, 9.17) is 5.11 Å². The molecule has 0 amide bonds. The van der Waals surface area contributed by atoms with E-state index in [1.807, 2.05) is 39.0 Å². The summed E-state index contributed by atoms with van der Waals surface area (Å²) in [7, 11) is 1.91. The molecule has 5 heteroatoms. The number of rotatable bonds is 2. The standard InChI is InChI=1S/C13H16N2O2S/c1-7(2)10-6-14-15(4)12(10)9-5-11(13(16)17)18-8(9)3/h5-6,12H,1-4H3,(H,16,17). The molecule has 1 aromatic heterocycles. The van der Waals surface area contributed by atoms with E-state index in [9.17, 15) is 4.79 Å². The molecule has 0 fully saturated rings. The average molecular weight is 264 g/mol. The van der Waals surface area contributed by atoms with E-state index in [1.54, 1.807) is 6.07 Å². The molecule has 1 unspecified atom stereocenters. The summed E-state index contributed by atoms with van der Waals surface area (Å²) in [5, 5.41) is 15.2. The number of aromatic carboxylic acids is 1. The van der Waals surface area contributed by atoms with Crippen LogP contribution in [0.3, 0.4) is 0 Å². The fraction of sp³-hybridized carbons (Fsp3) is 0.385. The van der Waals surface area contributed by atoms with Gasteiger partial charge in [-0.25, -0.2) is 4.79 Å². The van der Waals surface area contributed by atoms with Gasteiger partial charge in [0.2, 0.25) is 0 Å². The van der Waals surface area contributed by atoms with Crippen LogP contribution < -0.4 is 0 Å². The van der Waals surface area contributed by atoms with Crippen molar-refractivity contribution < 1.29 is 9.90 Å². The summed E-state index contributed by atoms with van der Waals surface area (Å²) >= 11 is 1.32. The smallest absolute Gasteiger partial charge is 0.345 e. The van der Waals surface area contributed by atoms with Crippen LogP contribution in [-0.2, 0) is 0 Å². The van der Waals surface area contributed by atoms with Crippen LogP contribution in [0.4, 0.5) is 0 Å². The Morgan fingerprint density at radius 1 is 1.50 bits per heavy atom. The normalized spacial score (nSPS) is 18.6. The van der Waals surface area contributed by atoms with Gasteiger partial charge in [-0.15, -0.1) is 11.3 Å². The zero-order valence-electron chi connectivity index (χ0n) is 10.9. The number of hydrogen-bond acceptors (Lipinski definition) is 4. The average Bonchev–Trinajstić information content (AvgIpc) is 2.81. The minimum absolute atomic E-state index is 0.0411. The number of hydrogen-bond donors (Lipinski definition) is 1. The Hall–Kier alpha value is -1.62. The topological polar surface area (TPSA) is 52.9 Å². The van der Waals surface area contributed by atoms with Crippen molar-refractivity contribution in [2.45, 2.75) is 26.8 Å². The zero-order valence-corrected chi connectivity index (χ0v) is 11.7. The highest BCUT2D eigenvalue weighted by molar-refractivity contribution is 7.14. The lowest BCUT2D eigenvalue weighted by Crippen LogP contribution is -2.16. The number of aryl methyl sites for hydroxylation is 1. The van der Waals surface area contributed by atoms with Crippen molar-refractivity contribution in [2.24, 2.45) is 5.10 Å². The maximum atomic E-state index is 11.0. The molecule has 0 spiro atoms. The van der Waals surface area contributed by atoms with Gasteiger partial charge in [0.15, 0.2) is 0 Å². The second-order valence-corrected chi connectivity index (χ2v) is 5.86. The van der Waals surface area contributed by atoms with Crippen molar-refractivity contribution >= 4 is 23.5 Å². The van der Waals surface area contributed by atoms with Gasteiger partial charge in [0.1, 0.15) is 4.88 Å². The molecule has 2 heterocycles. The molecule has 0 saturated carbocycles. The maximum absolute atomic E-state index is 11.0. The first kappa shape index (κ1) is 12.8. The third kappa shape index (κ3) is 2.06. The summed E-state index contributed by atoms with van der Waals surface area (Å²) in [6.45, 7) is 6.06. The van der Waals surface area contributed by atoms with Crippen molar-refractivity contribution in [2.75, 3.05) is 7.05 Å². The van der Waals surface area contributed by atoms with E-state index < -0.39 is 5.97 Å². The van der Waals surface area contributed by atoms with Gasteiger partial charge < -0.3 is 5.11 Å². The second kappa shape index (κ2) is 4.57. The third-order valence-corrected chi connectivity index (χ3v) is 4.14. The molecule has 1 aliphatic heterocycles. The fourth-order valence-corrected chi connectivity index (χ4v) is 3.03. The van der Waals surface area contributed by atoms with Gasteiger partial charge in [-0.2, -0.15) is 5.10 Å². The summed E-state index contributed by atoms with van der Waals surface area (Å²) in [6, 6.07) is 1.81. The Morgan fingerprint density at radius 2 is 2.17 bits per heavy atom. The maximum Gasteiger partial charge on any atom is 0.345 e. The number of allylic oxidation sites excluding steroid dienone is 1. The van der Waals surface area contributed by atoms with E-state index in [0.717, 1.165) is 16.0 Å².